The number of benzene rings is 1. The first kappa shape index (κ1) is 22.4. The largest absolute Gasteiger partial charge is 0.463 e. The molecule has 8 heteroatoms. The molecule has 0 spiro atoms. The molecule has 1 aliphatic heterocycles. The second kappa shape index (κ2) is 10.6. The number of ether oxygens (including phenoxy) is 1. The van der Waals surface area contributed by atoms with E-state index in [0.29, 0.717) is 17.7 Å². The maximum absolute atomic E-state index is 12.5. The molecule has 158 valence electrons. The molecule has 2 rings (SSSR count). The zero-order valence-corrected chi connectivity index (χ0v) is 17.5. The second-order valence-corrected chi connectivity index (χ2v) is 6.90. The van der Waals surface area contributed by atoms with Gasteiger partial charge in [0.15, 0.2) is 0 Å². The summed E-state index contributed by atoms with van der Waals surface area (Å²) >= 11 is 0. The molecule has 0 saturated carbocycles. The van der Waals surface area contributed by atoms with Crippen molar-refractivity contribution in [2.24, 2.45) is 0 Å². The van der Waals surface area contributed by atoms with Crippen molar-refractivity contribution in [1.82, 2.24) is 15.5 Å². The van der Waals surface area contributed by atoms with Gasteiger partial charge >= 0.3 is 12.0 Å². The molecule has 0 saturated heterocycles. The van der Waals surface area contributed by atoms with Gasteiger partial charge in [-0.1, -0.05) is 32.0 Å². The Morgan fingerprint density at radius 1 is 1.21 bits per heavy atom. The van der Waals surface area contributed by atoms with Gasteiger partial charge in [-0.15, -0.1) is 0 Å². The van der Waals surface area contributed by atoms with Gasteiger partial charge in [0.1, 0.15) is 0 Å². The summed E-state index contributed by atoms with van der Waals surface area (Å²) in [7, 11) is 1.76. The molecule has 0 unspecified atom stereocenters. The molecule has 1 aromatic carbocycles. The number of amides is 3. The number of para-hydroxylation sites is 1. The van der Waals surface area contributed by atoms with Crippen LogP contribution in [0.3, 0.4) is 0 Å². The lowest BCUT2D eigenvalue weighted by Gasteiger charge is -2.30. The summed E-state index contributed by atoms with van der Waals surface area (Å²) in [5.74, 6) is -0.629. The number of nitrogens with one attached hydrogen (secondary N) is 3. The van der Waals surface area contributed by atoms with E-state index in [2.05, 4.69) is 16.0 Å². The Morgan fingerprint density at radius 2 is 1.93 bits per heavy atom. The quantitative estimate of drug-likeness (QED) is 0.549. The van der Waals surface area contributed by atoms with Crippen LogP contribution in [0.5, 0.6) is 0 Å². The molecule has 0 bridgehead atoms. The van der Waals surface area contributed by atoms with E-state index in [1.807, 2.05) is 38.1 Å². The molecule has 0 aliphatic carbocycles. The third-order valence-electron chi connectivity index (χ3n) is 4.66. The van der Waals surface area contributed by atoms with Gasteiger partial charge in [0.25, 0.3) is 0 Å². The number of carbonyl (C=O) groups excluding carboxylic acids is 3. The fourth-order valence-electron chi connectivity index (χ4n) is 3.30. The third-order valence-corrected chi connectivity index (χ3v) is 4.66. The Labute approximate surface area is 171 Å². The topological polar surface area (TPSA) is 99.8 Å². The lowest BCUT2D eigenvalue weighted by Crippen LogP contribution is -2.52. The predicted octanol–water partition coefficient (Wildman–Crippen LogP) is 2.03. The number of likely N-dealkylation sites (N-methyl/N-ethyl adjacent to an activating group) is 1. The standard InChI is InChI=1S/C21H30N4O4/c1-5-14-10-8-9-11-16(14)22-18(26)13-25(4)12-17-19(20(27)29-7-3)15(6-2)23-21(28)24-17/h8-11,15H,5-7,12-13H2,1-4H3,(H,22,26)(H2,23,24,28)/t15-/m0/s1. The predicted molar refractivity (Wildman–Crippen MR) is 111 cm³/mol. The number of esters is 1. The van der Waals surface area contributed by atoms with Crippen molar-refractivity contribution in [2.75, 3.05) is 32.1 Å². The highest BCUT2D eigenvalue weighted by Crippen LogP contribution is 2.18. The van der Waals surface area contributed by atoms with E-state index in [-0.39, 0.29) is 31.6 Å². The van der Waals surface area contributed by atoms with Crippen LogP contribution < -0.4 is 16.0 Å². The van der Waals surface area contributed by atoms with Gasteiger partial charge in [-0.05, 0) is 38.4 Å². The number of rotatable bonds is 9. The summed E-state index contributed by atoms with van der Waals surface area (Å²) in [4.78, 5) is 38.6. The van der Waals surface area contributed by atoms with Gasteiger partial charge in [-0.2, -0.15) is 0 Å². The Balaban J connectivity index is 2.11. The first-order valence-corrected chi connectivity index (χ1v) is 9.93. The number of hydrogen-bond donors (Lipinski definition) is 3. The molecule has 1 aromatic rings. The maximum atomic E-state index is 12.5. The number of hydrogen-bond acceptors (Lipinski definition) is 5. The van der Waals surface area contributed by atoms with E-state index in [1.165, 1.54) is 0 Å². The van der Waals surface area contributed by atoms with E-state index < -0.39 is 12.0 Å². The number of nitrogens with zero attached hydrogens (tertiary/aromatic N) is 1. The van der Waals surface area contributed by atoms with Crippen LogP contribution in [0, 0.1) is 0 Å². The highest BCUT2D eigenvalue weighted by molar-refractivity contribution is 5.95. The average molecular weight is 402 g/mol. The number of aryl methyl sites for hydroxylation is 1. The molecule has 1 atom stereocenters. The molecule has 0 radical (unpaired) electrons. The van der Waals surface area contributed by atoms with E-state index in [4.69, 9.17) is 4.74 Å². The summed E-state index contributed by atoms with van der Waals surface area (Å²) in [6.45, 7) is 6.24. The van der Waals surface area contributed by atoms with Crippen LogP contribution in [0.4, 0.5) is 10.5 Å². The lowest BCUT2D eigenvalue weighted by atomic mass is 10.00. The van der Waals surface area contributed by atoms with Gasteiger partial charge < -0.3 is 20.7 Å². The van der Waals surface area contributed by atoms with E-state index in [0.717, 1.165) is 17.7 Å². The summed E-state index contributed by atoms with van der Waals surface area (Å²) in [6.07, 6.45) is 1.38. The Bertz CT molecular complexity index is 791. The summed E-state index contributed by atoms with van der Waals surface area (Å²) in [5.41, 5.74) is 2.72. The smallest absolute Gasteiger partial charge is 0.337 e. The van der Waals surface area contributed by atoms with Crippen molar-refractivity contribution < 1.29 is 19.1 Å². The number of anilines is 1. The van der Waals surface area contributed by atoms with Gasteiger partial charge in [-0.25, -0.2) is 9.59 Å². The number of carbonyl (C=O) groups is 3. The Hall–Kier alpha value is -2.87. The molecular weight excluding hydrogens is 372 g/mol. The van der Waals surface area contributed by atoms with Crippen molar-refractivity contribution in [3.8, 4) is 0 Å². The Kier molecular flexibility index (Phi) is 8.21. The lowest BCUT2D eigenvalue weighted by molar-refractivity contribution is -0.139. The third kappa shape index (κ3) is 6.05. The first-order chi connectivity index (χ1) is 13.9. The highest BCUT2D eigenvalue weighted by Gasteiger charge is 2.31. The van der Waals surface area contributed by atoms with Gasteiger partial charge in [0.05, 0.1) is 24.8 Å². The molecule has 29 heavy (non-hydrogen) atoms. The summed E-state index contributed by atoms with van der Waals surface area (Å²) < 4.78 is 5.16. The minimum atomic E-state index is -0.462. The van der Waals surface area contributed by atoms with E-state index in [9.17, 15) is 14.4 Å². The minimum Gasteiger partial charge on any atom is -0.463 e. The summed E-state index contributed by atoms with van der Waals surface area (Å²) in [6, 6.07) is 6.88. The van der Waals surface area contributed by atoms with Crippen LogP contribution in [-0.4, -0.2) is 55.6 Å². The fourth-order valence-corrected chi connectivity index (χ4v) is 3.30. The number of urea groups is 1. The van der Waals surface area contributed by atoms with Gasteiger partial charge in [-0.3, -0.25) is 9.69 Å². The van der Waals surface area contributed by atoms with Crippen LogP contribution >= 0.6 is 0 Å². The van der Waals surface area contributed by atoms with Crippen molar-refractivity contribution >= 4 is 23.6 Å². The zero-order chi connectivity index (χ0) is 21.4. The van der Waals surface area contributed by atoms with Gasteiger partial charge in [0, 0.05) is 17.9 Å². The maximum Gasteiger partial charge on any atom is 0.337 e. The van der Waals surface area contributed by atoms with Crippen LogP contribution in [0.15, 0.2) is 35.5 Å². The summed E-state index contributed by atoms with van der Waals surface area (Å²) in [5, 5.41) is 8.36. The molecule has 3 amide bonds. The van der Waals surface area contributed by atoms with Crippen molar-refractivity contribution in [3.05, 3.63) is 41.1 Å². The second-order valence-electron chi connectivity index (χ2n) is 6.90. The van der Waals surface area contributed by atoms with E-state index in [1.54, 1.807) is 18.9 Å². The fraction of sp³-hybridized carbons (Fsp3) is 0.476. The monoisotopic (exact) mass is 402 g/mol. The van der Waals surface area contributed by atoms with Crippen molar-refractivity contribution in [2.45, 2.75) is 39.7 Å². The van der Waals surface area contributed by atoms with Crippen molar-refractivity contribution in [1.29, 1.82) is 0 Å². The molecule has 3 N–H and O–H groups in total. The zero-order valence-electron chi connectivity index (χ0n) is 17.5. The van der Waals surface area contributed by atoms with Crippen LogP contribution in [0.1, 0.15) is 32.8 Å². The Morgan fingerprint density at radius 3 is 2.59 bits per heavy atom. The molecule has 1 aliphatic rings. The van der Waals surface area contributed by atoms with Gasteiger partial charge in [0.2, 0.25) is 5.91 Å². The van der Waals surface area contributed by atoms with Crippen LogP contribution in [0.2, 0.25) is 0 Å². The minimum absolute atomic E-state index is 0.109. The molecule has 8 nitrogen and oxygen atoms in total. The van der Waals surface area contributed by atoms with E-state index >= 15 is 0 Å². The molecular formula is C21H30N4O4. The SMILES string of the molecule is CCOC(=O)C1=C(CN(C)CC(=O)Nc2ccccc2CC)NC(=O)N[C@H]1CC. The molecule has 0 fully saturated rings. The molecule has 0 aromatic heterocycles. The van der Waals surface area contributed by atoms with Crippen LogP contribution in [0.25, 0.3) is 0 Å². The van der Waals surface area contributed by atoms with Crippen molar-refractivity contribution in [3.63, 3.8) is 0 Å². The molecule has 1 heterocycles. The van der Waals surface area contributed by atoms with Crippen LogP contribution in [-0.2, 0) is 20.7 Å². The first-order valence-electron chi connectivity index (χ1n) is 9.93. The average Bonchev–Trinajstić information content (AvgIpc) is 2.67. The highest BCUT2D eigenvalue weighted by atomic mass is 16.5. The normalized spacial score (nSPS) is 16.3.